The number of ether oxygens (including phenoxy) is 1. The van der Waals surface area contributed by atoms with Crippen LogP contribution in [0.3, 0.4) is 0 Å². The van der Waals surface area contributed by atoms with Gasteiger partial charge in [0.25, 0.3) is 5.91 Å². The van der Waals surface area contributed by atoms with E-state index in [4.69, 9.17) is 16.3 Å². The average Bonchev–Trinajstić information content (AvgIpc) is 3.05. The second-order valence-corrected chi connectivity index (χ2v) is 7.96. The average molecular weight is 411 g/mol. The van der Waals surface area contributed by atoms with Gasteiger partial charge in [0.1, 0.15) is 5.75 Å². The first kappa shape index (κ1) is 21.0. The molecule has 1 aromatic heterocycles. The van der Waals surface area contributed by atoms with Crippen LogP contribution < -0.4 is 10.1 Å². The minimum Gasteiger partial charge on any atom is -0.497 e. The van der Waals surface area contributed by atoms with Crippen molar-refractivity contribution in [2.45, 2.75) is 33.7 Å². The first-order valence-corrected chi connectivity index (χ1v) is 10.1. The van der Waals surface area contributed by atoms with Gasteiger partial charge in [-0.3, -0.25) is 4.79 Å². The van der Waals surface area contributed by atoms with Gasteiger partial charge in [-0.1, -0.05) is 37.6 Å². The number of hydrogen-bond donors (Lipinski definition) is 1. The number of rotatable bonds is 6. The standard InChI is InChI=1S/C24H27ClN2O2/c1-15(2)16(3)26-24(28)20-14-23(18-10-12-19(29-5)13-11-18)27(17(20)4)22-9-7-6-8-21(22)25/h6-16H,1-5H3,(H,26,28)/t16-/m0/s1. The summed E-state index contributed by atoms with van der Waals surface area (Å²) in [6.07, 6.45) is 0. The van der Waals surface area contributed by atoms with Gasteiger partial charge in [0.15, 0.2) is 0 Å². The smallest absolute Gasteiger partial charge is 0.253 e. The Balaban J connectivity index is 2.15. The molecule has 1 heterocycles. The van der Waals surface area contributed by atoms with Crippen molar-refractivity contribution in [3.8, 4) is 22.7 Å². The molecule has 0 saturated carbocycles. The normalized spacial score (nSPS) is 12.1. The Morgan fingerprint density at radius 3 is 2.31 bits per heavy atom. The fourth-order valence-electron chi connectivity index (χ4n) is 3.21. The van der Waals surface area contributed by atoms with Crippen molar-refractivity contribution in [3.63, 3.8) is 0 Å². The quantitative estimate of drug-likeness (QED) is 0.550. The number of methoxy groups -OCH3 is 1. The summed E-state index contributed by atoms with van der Waals surface area (Å²) in [5, 5.41) is 3.74. The molecule has 0 aliphatic heterocycles. The second kappa shape index (κ2) is 8.75. The van der Waals surface area contributed by atoms with Crippen LogP contribution >= 0.6 is 11.6 Å². The van der Waals surface area contributed by atoms with E-state index in [1.165, 1.54) is 0 Å². The summed E-state index contributed by atoms with van der Waals surface area (Å²) in [6, 6.07) is 17.5. The van der Waals surface area contributed by atoms with E-state index in [1.54, 1.807) is 7.11 Å². The van der Waals surface area contributed by atoms with E-state index in [1.807, 2.05) is 73.0 Å². The van der Waals surface area contributed by atoms with Gasteiger partial charge in [0.2, 0.25) is 0 Å². The minimum absolute atomic E-state index is 0.0787. The number of hydrogen-bond acceptors (Lipinski definition) is 2. The predicted octanol–water partition coefficient (Wildman–Crippen LogP) is 5.89. The van der Waals surface area contributed by atoms with Crippen molar-refractivity contribution in [1.82, 2.24) is 9.88 Å². The molecular weight excluding hydrogens is 384 g/mol. The van der Waals surface area contributed by atoms with Crippen LogP contribution in [0.5, 0.6) is 5.75 Å². The molecular formula is C24H27ClN2O2. The number of nitrogens with zero attached hydrogens (tertiary/aromatic N) is 1. The Morgan fingerprint density at radius 1 is 1.07 bits per heavy atom. The summed E-state index contributed by atoms with van der Waals surface area (Å²) in [5.74, 6) is 1.06. The predicted molar refractivity (Wildman–Crippen MR) is 119 cm³/mol. The van der Waals surface area contributed by atoms with Crippen LogP contribution in [-0.4, -0.2) is 23.6 Å². The summed E-state index contributed by atoms with van der Waals surface area (Å²) >= 11 is 6.51. The molecule has 1 amide bonds. The third kappa shape index (κ3) is 4.33. The zero-order valence-corrected chi connectivity index (χ0v) is 18.2. The van der Waals surface area contributed by atoms with Crippen LogP contribution in [0, 0.1) is 12.8 Å². The van der Waals surface area contributed by atoms with Crippen molar-refractivity contribution < 1.29 is 9.53 Å². The third-order valence-electron chi connectivity index (χ3n) is 5.33. The minimum atomic E-state index is -0.0794. The van der Waals surface area contributed by atoms with Gasteiger partial charge >= 0.3 is 0 Å². The van der Waals surface area contributed by atoms with Gasteiger partial charge in [-0.05, 0) is 67.8 Å². The molecule has 0 unspecified atom stereocenters. The molecule has 0 saturated heterocycles. The molecule has 2 aromatic carbocycles. The van der Waals surface area contributed by atoms with Crippen molar-refractivity contribution in [2.75, 3.05) is 7.11 Å². The maximum Gasteiger partial charge on any atom is 0.253 e. The van der Waals surface area contributed by atoms with E-state index in [2.05, 4.69) is 19.2 Å². The zero-order valence-electron chi connectivity index (χ0n) is 17.5. The first-order valence-electron chi connectivity index (χ1n) is 9.76. The molecule has 0 radical (unpaired) electrons. The summed E-state index contributed by atoms with van der Waals surface area (Å²) in [6.45, 7) is 8.16. The number of benzene rings is 2. The van der Waals surface area contributed by atoms with Gasteiger partial charge in [0.05, 0.1) is 29.1 Å². The monoisotopic (exact) mass is 410 g/mol. The topological polar surface area (TPSA) is 43.3 Å². The molecule has 0 aliphatic carbocycles. The lowest BCUT2D eigenvalue weighted by Gasteiger charge is -2.17. The third-order valence-corrected chi connectivity index (χ3v) is 5.65. The fourth-order valence-corrected chi connectivity index (χ4v) is 3.43. The summed E-state index contributed by atoms with van der Waals surface area (Å²) < 4.78 is 7.32. The maximum atomic E-state index is 13.0. The van der Waals surface area contributed by atoms with Gasteiger partial charge in [-0.15, -0.1) is 0 Å². The SMILES string of the molecule is COc1ccc(-c2cc(C(=O)N[C@@H](C)C(C)C)c(C)n2-c2ccccc2Cl)cc1. The number of carbonyl (C=O) groups excluding carboxylic acids is 1. The molecule has 0 bridgehead atoms. The number of carbonyl (C=O) groups is 1. The molecule has 3 rings (SSSR count). The van der Waals surface area contributed by atoms with Crippen LogP contribution in [0.1, 0.15) is 36.8 Å². The van der Waals surface area contributed by atoms with Crippen LogP contribution in [-0.2, 0) is 0 Å². The van der Waals surface area contributed by atoms with Gasteiger partial charge in [-0.25, -0.2) is 0 Å². The Hall–Kier alpha value is -2.72. The molecule has 4 nitrogen and oxygen atoms in total. The van der Waals surface area contributed by atoms with Crippen LogP contribution in [0.4, 0.5) is 0 Å². The van der Waals surface area contributed by atoms with E-state index in [9.17, 15) is 4.79 Å². The number of para-hydroxylation sites is 1. The van der Waals surface area contributed by atoms with E-state index in [-0.39, 0.29) is 11.9 Å². The van der Waals surface area contributed by atoms with Gasteiger partial charge in [-0.2, -0.15) is 0 Å². The Bertz CT molecular complexity index is 1010. The molecule has 3 aromatic rings. The molecule has 1 atom stereocenters. The van der Waals surface area contributed by atoms with E-state index in [0.29, 0.717) is 16.5 Å². The highest BCUT2D eigenvalue weighted by atomic mass is 35.5. The number of amides is 1. The van der Waals surface area contributed by atoms with Crippen molar-refractivity contribution in [3.05, 3.63) is 70.9 Å². The second-order valence-electron chi connectivity index (χ2n) is 7.55. The molecule has 1 N–H and O–H groups in total. The molecule has 0 spiro atoms. The van der Waals surface area contributed by atoms with E-state index >= 15 is 0 Å². The molecule has 0 aliphatic rings. The fraction of sp³-hybridized carbons (Fsp3) is 0.292. The first-order chi connectivity index (χ1) is 13.8. The highest BCUT2D eigenvalue weighted by Gasteiger charge is 2.22. The van der Waals surface area contributed by atoms with Crippen molar-refractivity contribution >= 4 is 17.5 Å². The Morgan fingerprint density at radius 2 is 1.72 bits per heavy atom. The van der Waals surface area contributed by atoms with E-state index in [0.717, 1.165) is 28.4 Å². The lowest BCUT2D eigenvalue weighted by Crippen LogP contribution is -2.36. The molecule has 5 heteroatoms. The Kier molecular flexibility index (Phi) is 6.33. The summed E-state index contributed by atoms with van der Waals surface area (Å²) in [7, 11) is 1.64. The van der Waals surface area contributed by atoms with Crippen LogP contribution in [0.2, 0.25) is 5.02 Å². The van der Waals surface area contributed by atoms with Gasteiger partial charge in [0, 0.05) is 11.7 Å². The highest BCUT2D eigenvalue weighted by molar-refractivity contribution is 6.32. The molecule has 0 fully saturated rings. The molecule has 29 heavy (non-hydrogen) atoms. The summed E-state index contributed by atoms with van der Waals surface area (Å²) in [5.41, 5.74) is 4.21. The number of nitrogens with one attached hydrogen (secondary N) is 1. The molecule has 152 valence electrons. The van der Waals surface area contributed by atoms with Crippen molar-refractivity contribution in [2.24, 2.45) is 5.92 Å². The number of aromatic nitrogens is 1. The van der Waals surface area contributed by atoms with Crippen LogP contribution in [0.15, 0.2) is 54.6 Å². The van der Waals surface area contributed by atoms with Crippen molar-refractivity contribution in [1.29, 1.82) is 0 Å². The van der Waals surface area contributed by atoms with Crippen LogP contribution in [0.25, 0.3) is 16.9 Å². The zero-order chi connectivity index (χ0) is 21.1. The maximum absolute atomic E-state index is 13.0. The Labute approximate surface area is 177 Å². The number of halogens is 1. The summed E-state index contributed by atoms with van der Waals surface area (Å²) in [4.78, 5) is 13.0. The lowest BCUT2D eigenvalue weighted by molar-refractivity contribution is 0.0930. The lowest BCUT2D eigenvalue weighted by atomic mass is 10.1. The van der Waals surface area contributed by atoms with Gasteiger partial charge < -0.3 is 14.6 Å². The largest absolute Gasteiger partial charge is 0.497 e. The van der Waals surface area contributed by atoms with E-state index < -0.39 is 0 Å². The highest BCUT2D eigenvalue weighted by Crippen LogP contribution is 2.33.